The van der Waals surface area contributed by atoms with E-state index >= 15 is 0 Å². The number of esters is 1. The molecule has 2 N–H and O–H groups in total. The van der Waals surface area contributed by atoms with E-state index in [-0.39, 0.29) is 6.10 Å². The van der Waals surface area contributed by atoms with Crippen molar-refractivity contribution in [1.29, 1.82) is 0 Å². The van der Waals surface area contributed by atoms with Gasteiger partial charge in [0, 0.05) is 6.61 Å². The van der Waals surface area contributed by atoms with Crippen molar-refractivity contribution >= 4 is 5.97 Å². The minimum atomic E-state index is -0.578. The van der Waals surface area contributed by atoms with Crippen molar-refractivity contribution in [3.8, 4) is 0 Å². The maximum Gasteiger partial charge on any atom is 0.322 e. The first-order valence-electron chi connectivity index (χ1n) is 4.26. The first kappa shape index (κ1) is 10.4. The van der Waals surface area contributed by atoms with Crippen LogP contribution in [0.4, 0.5) is 0 Å². The van der Waals surface area contributed by atoms with Crippen molar-refractivity contribution in [2.45, 2.75) is 18.6 Å². The van der Waals surface area contributed by atoms with Crippen molar-refractivity contribution in [3.63, 3.8) is 0 Å². The minimum absolute atomic E-state index is 0.185. The summed E-state index contributed by atoms with van der Waals surface area (Å²) in [5.41, 5.74) is 5.49. The Bertz CT molecular complexity index is 170. The van der Waals surface area contributed by atoms with E-state index < -0.39 is 12.0 Å². The van der Waals surface area contributed by atoms with Crippen LogP contribution >= 0.6 is 0 Å². The average molecular weight is 189 g/mol. The van der Waals surface area contributed by atoms with Crippen molar-refractivity contribution in [3.05, 3.63) is 0 Å². The summed E-state index contributed by atoms with van der Waals surface area (Å²) in [6.45, 7) is 1.77. The van der Waals surface area contributed by atoms with Gasteiger partial charge >= 0.3 is 5.97 Å². The molecule has 1 unspecified atom stereocenters. The Kier molecular flexibility index (Phi) is 4.14. The monoisotopic (exact) mass is 189 g/mol. The highest BCUT2D eigenvalue weighted by Gasteiger charge is 2.20. The fourth-order valence-electron chi connectivity index (χ4n) is 0.941. The van der Waals surface area contributed by atoms with Gasteiger partial charge in [0.1, 0.15) is 12.1 Å². The Morgan fingerprint density at radius 3 is 2.85 bits per heavy atom. The molecule has 5 nitrogen and oxygen atoms in total. The van der Waals surface area contributed by atoms with Gasteiger partial charge in [0.2, 0.25) is 0 Å². The number of carbonyl (C=O) groups is 1. The van der Waals surface area contributed by atoms with E-state index in [1.165, 1.54) is 7.11 Å². The van der Waals surface area contributed by atoms with Crippen molar-refractivity contribution in [1.82, 2.24) is 0 Å². The van der Waals surface area contributed by atoms with Crippen LogP contribution < -0.4 is 5.73 Å². The molecule has 0 radical (unpaired) electrons. The molecular formula is C8H15NO4. The van der Waals surface area contributed by atoms with Crippen LogP contribution in [0, 0.1) is 0 Å². The molecule has 0 aromatic carbocycles. The molecule has 0 aromatic heterocycles. The number of ether oxygens (including phenoxy) is 3. The fourth-order valence-corrected chi connectivity index (χ4v) is 0.941. The van der Waals surface area contributed by atoms with Gasteiger partial charge < -0.3 is 19.9 Å². The molecule has 5 heteroatoms. The zero-order valence-corrected chi connectivity index (χ0v) is 7.69. The van der Waals surface area contributed by atoms with Crippen LogP contribution in [0.2, 0.25) is 0 Å². The third-order valence-electron chi connectivity index (χ3n) is 1.89. The lowest BCUT2D eigenvalue weighted by Crippen LogP contribution is -2.38. The van der Waals surface area contributed by atoms with E-state index in [2.05, 4.69) is 4.74 Å². The Hall–Kier alpha value is -0.650. The molecule has 13 heavy (non-hydrogen) atoms. The Morgan fingerprint density at radius 1 is 1.69 bits per heavy atom. The number of nitrogens with two attached hydrogens (primary N) is 1. The zero-order valence-electron chi connectivity index (χ0n) is 7.69. The fraction of sp³-hybridized carbons (Fsp3) is 0.875. The first-order valence-corrected chi connectivity index (χ1v) is 4.26. The lowest BCUT2D eigenvalue weighted by Gasteiger charge is -2.26. The summed E-state index contributed by atoms with van der Waals surface area (Å²) in [4.78, 5) is 10.8. The summed E-state index contributed by atoms with van der Waals surface area (Å²) in [6.07, 6.45) is 0.674. The number of hydrogen-bond acceptors (Lipinski definition) is 5. The molecule has 0 amide bonds. The van der Waals surface area contributed by atoms with E-state index in [1.54, 1.807) is 0 Å². The molecule has 1 fully saturated rings. The first-order chi connectivity index (χ1) is 6.24. The molecule has 1 saturated heterocycles. The number of methoxy groups -OCH3 is 1. The van der Waals surface area contributed by atoms with Gasteiger partial charge in [0.15, 0.2) is 0 Å². The van der Waals surface area contributed by atoms with E-state index in [0.717, 1.165) is 0 Å². The maximum atomic E-state index is 10.8. The molecule has 0 aromatic rings. The van der Waals surface area contributed by atoms with Crippen LogP contribution in [0.25, 0.3) is 0 Å². The van der Waals surface area contributed by atoms with Gasteiger partial charge in [-0.3, -0.25) is 4.79 Å². The van der Waals surface area contributed by atoms with Crippen LogP contribution in [0.3, 0.4) is 0 Å². The molecule has 1 aliphatic rings. The van der Waals surface area contributed by atoms with Crippen LogP contribution in [0.5, 0.6) is 0 Å². The second-order valence-corrected chi connectivity index (χ2v) is 2.95. The number of hydrogen-bond donors (Lipinski definition) is 1. The molecular weight excluding hydrogens is 174 g/mol. The van der Waals surface area contributed by atoms with Gasteiger partial charge in [0.05, 0.1) is 20.3 Å². The van der Waals surface area contributed by atoms with E-state index in [4.69, 9.17) is 15.2 Å². The number of carbonyl (C=O) groups excluding carboxylic acids is 1. The molecule has 1 heterocycles. The van der Waals surface area contributed by atoms with Gasteiger partial charge in [0.25, 0.3) is 0 Å². The summed E-state index contributed by atoms with van der Waals surface area (Å²) >= 11 is 0. The van der Waals surface area contributed by atoms with Crippen LogP contribution in [0.15, 0.2) is 0 Å². The van der Waals surface area contributed by atoms with Crippen LogP contribution in [0.1, 0.15) is 6.42 Å². The second-order valence-electron chi connectivity index (χ2n) is 2.95. The lowest BCUT2D eigenvalue weighted by molar-refractivity contribution is -0.145. The highest BCUT2D eigenvalue weighted by molar-refractivity contribution is 5.75. The van der Waals surface area contributed by atoms with Gasteiger partial charge in [-0.1, -0.05) is 0 Å². The SMILES string of the molecule is COC(=O)C(N)CCOC1COC1. The molecule has 0 bridgehead atoms. The molecule has 1 atom stereocenters. The minimum Gasteiger partial charge on any atom is -0.468 e. The van der Waals surface area contributed by atoms with Crippen LogP contribution in [-0.2, 0) is 19.0 Å². The summed E-state index contributed by atoms with van der Waals surface area (Å²) < 4.78 is 14.7. The summed E-state index contributed by atoms with van der Waals surface area (Å²) in [6, 6.07) is -0.578. The standard InChI is InChI=1S/C8H15NO4/c1-11-8(10)7(9)2-3-13-6-4-12-5-6/h6-7H,2-5,9H2,1H3. The van der Waals surface area contributed by atoms with Gasteiger partial charge in [-0.2, -0.15) is 0 Å². The smallest absolute Gasteiger partial charge is 0.322 e. The van der Waals surface area contributed by atoms with E-state index in [1.807, 2.05) is 0 Å². The number of rotatable bonds is 5. The van der Waals surface area contributed by atoms with Crippen molar-refractivity contribution in [2.75, 3.05) is 26.9 Å². The van der Waals surface area contributed by atoms with Crippen molar-refractivity contribution < 1.29 is 19.0 Å². The molecule has 0 saturated carbocycles. The van der Waals surface area contributed by atoms with E-state index in [9.17, 15) is 4.79 Å². The van der Waals surface area contributed by atoms with Crippen LogP contribution in [-0.4, -0.2) is 45.0 Å². The summed E-state index contributed by atoms with van der Waals surface area (Å²) in [5.74, 6) is -0.395. The Labute approximate surface area is 77.1 Å². The third kappa shape index (κ3) is 3.30. The van der Waals surface area contributed by atoms with Gasteiger partial charge in [-0.05, 0) is 6.42 Å². The normalized spacial score (nSPS) is 19.2. The van der Waals surface area contributed by atoms with Gasteiger partial charge in [-0.15, -0.1) is 0 Å². The molecule has 0 spiro atoms. The molecule has 1 rings (SSSR count). The maximum absolute atomic E-state index is 10.8. The quantitative estimate of drug-likeness (QED) is 0.579. The van der Waals surface area contributed by atoms with Crippen molar-refractivity contribution in [2.24, 2.45) is 5.73 Å². The molecule has 76 valence electrons. The Morgan fingerprint density at radius 2 is 2.38 bits per heavy atom. The average Bonchev–Trinajstić information content (AvgIpc) is 2.07. The highest BCUT2D eigenvalue weighted by Crippen LogP contribution is 2.06. The molecule has 0 aliphatic carbocycles. The predicted molar refractivity (Wildman–Crippen MR) is 45.2 cm³/mol. The summed E-state index contributed by atoms with van der Waals surface area (Å²) in [5, 5.41) is 0. The molecule has 1 aliphatic heterocycles. The van der Waals surface area contributed by atoms with Gasteiger partial charge in [-0.25, -0.2) is 0 Å². The van der Waals surface area contributed by atoms with E-state index in [0.29, 0.717) is 26.2 Å². The topological polar surface area (TPSA) is 70.8 Å². The lowest BCUT2D eigenvalue weighted by atomic mass is 10.2. The highest BCUT2D eigenvalue weighted by atomic mass is 16.6. The largest absolute Gasteiger partial charge is 0.468 e. The predicted octanol–water partition coefficient (Wildman–Crippen LogP) is -0.708. The zero-order chi connectivity index (χ0) is 9.68. The Balaban J connectivity index is 2.00. The third-order valence-corrected chi connectivity index (χ3v) is 1.89. The summed E-state index contributed by atoms with van der Waals surface area (Å²) in [7, 11) is 1.32. The second kappa shape index (κ2) is 5.16.